The van der Waals surface area contributed by atoms with Crippen LogP contribution < -0.4 is 10.1 Å². The van der Waals surface area contributed by atoms with Gasteiger partial charge in [-0.25, -0.2) is 0 Å². The predicted octanol–water partition coefficient (Wildman–Crippen LogP) is 3.57. The Bertz CT molecular complexity index is 1060. The minimum atomic E-state index is -0.304. The maximum atomic E-state index is 13.1. The van der Waals surface area contributed by atoms with E-state index in [1.165, 1.54) is 0 Å². The first-order valence-electron chi connectivity index (χ1n) is 9.68. The van der Waals surface area contributed by atoms with Crippen molar-refractivity contribution in [3.63, 3.8) is 0 Å². The second-order valence-electron chi connectivity index (χ2n) is 7.03. The van der Waals surface area contributed by atoms with Crippen LogP contribution in [-0.4, -0.2) is 41.9 Å². The van der Waals surface area contributed by atoms with Crippen molar-refractivity contribution in [3.05, 3.63) is 71.6 Å². The average Bonchev–Trinajstić information content (AvgIpc) is 3.43. The molecule has 2 amide bonds. The molecule has 0 aliphatic carbocycles. The van der Waals surface area contributed by atoms with E-state index in [9.17, 15) is 9.59 Å². The smallest absolute Gasteiger partial charge is 0.270 e. The molecule has 1 aliphatic heterocycles. The molecule has 3 aromatic rings. The van der Waals surface area contributed by atoms with Gasteiger partial charge in [0.05, 0.1) is 7.11 Å². The lowest BCUT2D eigenvalue weighted by Crippen LogP contribution is -2.36. The van der Waals surface area contributed by atoms with Crippen LogP contribution in [0.25, 0.3) is 17.0 Å². The topological polar surface area (TPSA) is 74.4 Å². The van der Waals surface area contributed by atoms with Crippen LogP contribution in [0.5, 0.6) is 5.75 Å². The van der Waals surface area contributed by atoms with Crippen molar-refractivity contribution < 1.29 is 14.3 Å². The summed E-state index contributed by atoms with van der Waals surface area (Å²) in [5, 5.41) is 3.75. The zero-order valence-corrected chi connectivity index (χ0v) is 16.3. The van der Waals surface area contributed by atoms with Crippen molar-refractivity contribution in [1.82, 2.24) is 15.2 Å². The van der Waals surface area contributed by atoms with Gasteiger partial charge in [0.25, 0.3) is 11.8 Å². The molecule has 1 fully saturated rings. The molecular formula is C23H23N3O3. The number of H-pyrrole nitrogens is 1. The molecule has 148 valence electrons. The van der Waals surface area contributed by atoms with Gasteiger partial charge in [0.15, 0.2) is 0 Å². The first-order chi connectivity index (χ1) is 14.2. The van der Waals surface area contributed by atoms with E-state index in [2.05, 4.69) is 10.3 Å². The zero-order valence-electron chi connectivity index (χ0n) is 16.3. The normalized spacial score (nSPS) is 14.2. The molecule has 29 heavy (non-hydrogen) atoms. The van der Waals surface area contributed by atoms with Crippen LogP contribution in [0.4, 0.5) is 0 Å². The lowest BCUT2D eigenvalue weighted by Gasteiger charge is -2.18. The van der Waals surface area contributed by atoms with Gasteiger partial charge >= 0.3 is 0 Å². The van der Waals surface area contributed by atoms with E-state index >= 15 is 0 Å². The second kappa shape index (κ2) is 8.22. The Morgan fingerprint density at radius 3 is 2.59 bits per heavy atom. The van der Waals surface area contributed by atoms with Crippen molar-refractivity contribution in [2.24, 2.45) is 0 Å². The van der Waals surface area contributed by atoms with Gasteiger partial charge in [0.1, 0.15) is 11.4 Å². The predicted molar refractivity (Wildman–Crippen MR) is 113 cm³/mol. The van der Waals surface area contributed by atoms with Crippen LogP contribution in [0.2, 0.25) is 0 Å². The molecular weight excluding hydrogens is 366 g/mol. The lowest BCUT2D eigenvalue weighted by atomic mass is 10.1. The Morgan fingerprint density at radius 2 is 1.86 bits per heavy atom. The number of hydrogen-bond acceptors (Lipinski definition) is 3. The Hall–Kier alpha value is -3.54. The van der Waals surface area contributed by atoms with Gasteiger partial charge in [-0.2, -0.15) is 0 Å². The molecule has 1 aromatic heterocycles. The van der Waals surface area contributed by atoms with Crippen molar-refractivity contribution in [1.29, 1.82) is 0 Å². The van der Waals surface area contributed by atoms with E-state index in [0.717, 1.165) is 35.1 Å². The summed E-state index contributed by atoms with van der Waals surface area (Å²) in [5.41, 5.74) is 2.52. The van der Waals surface area contributed by atoms with Crippen LogP contribution in [0.3, 0.4) is 0 Å². The summed E-state index contributed by atoms with van der Waals surface area (Å²) < 4.78 is 5.32. The molecule has 6 heteroatoms. The number of ether oxygens (including phenoxy) is 1. The first-order valence-corrected chi connectivity index (χ1v) is 9.68. The van der Waals surface area contributed by atoms with Crippen molar-refractivity contribution >= 4 is 28.8 Å². The Kier molecular flexibility index (Phi) is 5.33. The molecule has 2 N–H and O–H groups in total. The zero-order chi connectivity index (χ0) is 20.2. The van der Waals surface area contributed by atoms with Gasteiger partial charge < -0.3 is 19.9 Å². The van der Waals surface area contributed by atoms with E-state index in [1.54, 1.807) is 42.4 Å². The highest BCUT2D eigenvalue weighted by Gasteiger charge is 2.23. The van der Waals surface area contributed by atoms with Crippen LogP contribution >= 0.6 is 0 Å². The van der Waals surface area contributed by atoms with Crippen molar-refractivity contribution in [2.75, 3.05) is 20.2 Å². The van der Waals surface area contributed by atoms with E-state index in [0.29, 0.717) is 18.7 Å². The molecule has 0 radical (unpaired) electrons. The standard InChI is InChI=1S/C23H23N3O3/c1-29-18-9-10-20-19(14-18)17(15-24-20)13-21(23(28)26-11-5-6-12-26)25-22(27)16-7-3-2-4-8-16/h2-4,7-10,13-15,24H,5-6,11-12H2,1H3,(H,25,27)/b21-13+. The number of benzene rings is 2. The summed E-state index contributed by atoms with van der Waals surface area (Å²) in [5.74, 6) is 0.262. The molecule has 1 aliphatic rings. The SMILES string of the molecule is COc1ccc2[nH]cc(/C=C(/NC(=O)c3ccccc3)C(=O)N3CCCC3)c2c1. The van der Waals surface area contributed by atoms with Crippen molar-refractivity contribution in [3.8, 4) is 5.75 Å². The summed E-state index contributed by atoms with van der Waals surface area (Å²) in [6.45, 7) is 1.41. The van der Waals surface area contributed by atoms with Gasteiger partial charge in [0.2, 0.25) is 0 Å². The number of likely N-dealkylation sites (tertiary alicyclic amines) is 1. The summed E-state index contributed by atoms with van der Waals surface area (Å²) in [6, 6.07) is 14.6. The molecule has 1 saturated heterocycles. The van der Waals surface area contributed by atoms with Crippen LogP contribution in [0.15, 0.2) is 60.4 Å². The number of aromatic nitrogens is 1. The summed E-state index contributed by atoms with van der Waals surface area (Å²) in [6.07, 6.45) is 5.53. The first kappa shape index (κ1) is 18.8. The maximum Gasteiger partial charge on any atom is 0.270 e. The van der Waals surface area contributed by atoms with E-state index in [-0.39, 0.29) is 17.5 Å². The quantitative estimate of drug-likeness (QED) is 0.655. The lowest BCUT2D eigenvalue weighted by molar-refractivity contribution is -0.126. The Labute approximate surface area is 169 Å². The highest BCUT2D eigenvalue weighted by Crippen LogP contribution is 2.25. The van der Waals surface area contributed by atoms with Crippen LogP contribution in [0, 0.1) is 0 Å². The molecule has 2 aromatic carbocycles. The van der Waals surface area contributed by atoms with E-state index in [1.807, 2.05) is 30.5 Å². The molecule has 0 unspecified atom stereocenters. The third kappa shape index (κ3) is 4.01. The molecule has 0 spiro atoms. The molecule has 0 saturated carbocycles. The van der Waals surface area contributed by atoms with Crippen LogP contribution in [0.1, 0.15) is 28.8 Å². The number of nitrogens with one attached hydrogen (secondary N) is 2. The van der Waals surface area contributed by atoms with Gasteiger partial charge in [0, 0.05) is 41.3 Å². The van der Waals surface area contributed by atoms with Gasteiger partial charge in [-0.1, -0.05) is 18.2 Å². The van der Waals surface area contributed by atoms with E-state index in [4.69, 9.17) is 4.74 Å². The average molecular weight is 389 g/mol. The number of nitrogens with zero attached hydrogens (tertiary/aromatic N) is 1. The number of fused-ring (bicyclic) bond motifs is 1. The molecule has 0 atom stereocenters. The Balaban J connectivity index is 1.71. The molecule has 2 heterocycles. The second-order valence-corrected chi connectivity index (χ2v) is 7.03. The summed E-state index contributed by atoms with van der Waals surface area (Å²) in [7, 11) is 1.62. The maximum absolute atomic E-state index is 13.1. The van der Waals surface area contributed by atoms with Crippen molar-refractivity contribution in [2.45, 2.75) is 12.8 Å². The number of amides is 2. The molecule has 4 rings (SSSR count). The monoisotopic (exact) mass is 389 g/mol. The molecule has 6 nitrogen and oxygen atoms in total. The minimum absolute atomic E-state index is 0.163. The third-order valence-electron chi connectivity index (χ3n) is 5.13. The fraction of sp³-hybridized carbons (Fsp3) is 0.217. The number of carbonyl (C=O) groups excluding carboxylic acids is 2. The highest BCUT2D eigenvalue weighted by atomic mass is 16.5. The number of hydrogen-bond donors (Lipinski definition) is 2. The number of methoxy groups -OCH3 is 1. The minimum Gasteiger partial charge on any atom is -0.497 e. The van der Waals surface area contributed by atoms with E-state index < -0.39 is 0 Å². The largest absolute Gasteiger partial charge is 0.497 e. The Morgan fingerprint density at radius 1 is 1.10 bits per heavy atom. The molecule has 0 bridgehead atoms. The number of rotatable bonds is 5. The van der Waals surface area contributed by atoms with Crippen LogP contribution in [-0.2, 0) is 4.79 Å². The highest BCUT2D eigenvalue weighted by molar-refractivity contribution is 6.06. The third-order valence-corrected chi connectivity index (χ3v) is 5.13. The summed E-state index contributed by atoms with van der Waals surface area (Å²) in [4.78, 5) is 30.8. The van der Waals surface area contributed by atoms with Gasteiger partial charge in [-0.15, -0.1) is 0 Å². The fourth-order valence-electron chi connectivity index (χ4n) is 3.55. The van der Waals surface area contributed by atoms with Gasteiger partial charge in [-0.3, -0.25) is 9.59 Å². The number of carbonyl (C=O) groups is 2. The van der Waals surface area contributed by atoms with Gasteiger partial charge in [-0.05, 0) is 49.2 Å². The summed E-state index contributed by atoms with van der Waals surface area (Å²) >= 11 is 0. The number of aromatic amines is 1. The fourth-order valence-corrected chi connectivity index (χ4v) is 3.55.